The van der Waals surface area contributed by atoms with Gasteiger partial charge in [-0.2, -0.15) is 0 Å². The second-order valence-electron chi connectivity index (χ2n) is 4.82. The first-order valence-corrected chi connectivity index (χ1v) is 5.92. The van der Waals surface area contributed by atoms with Gasteiger partial charge in [0.1, 0.15) is 0 Å². The van der Waals surface area contributed by atoms with E-state index in [0.717, 1.165) is 42.6 Å². The Morgan fingerprint density at radius 2 is 2.06 bits per heavy atom. The molecule has 16 heavy (non-hydrogen) atoms. The van der Waals surface area contributed by atoms with Gasteiger partial charge in [0, 0.05) is 6.54 Å². The van der Waals surface area contributed by atoms with Crippen molar-refractivity contribution in [3.8, 4) is 0 Å². The van der Waals surface area contributed by atoms with E-state index < -0.39 is 5.60 Å². The molecule has 0 radical (unpaired) electrons. The van der Waals surface area contributed by atoms with Gasteiger partial charge in [-0.05, 0) is 31.4 Å². The summed E-state index contributed by atoms with van der Waals surface area (Å²) in [5, 5.41) is 13.5. The second kappa shape index (κ2) is 4.34. The molecule has 2 rings (SSSR count). The fourth-order valence-electron chi connectivity index (χ4n) is 2.39. The third-order valence-corrected chi connectivity index (χ3v) is 3.43. The summed E-state index contributed by atoms with van der Waals surface area (Å²) in [4.78, 5) is 0. The lowest BCUT2D eigenvalue weighted by molar-refractivity contribution is 0.0615. The van der Waals surface area contributed by atoms with Crippen molar-refractivity contribution >= 4 is 11.4 Å². The number of hydrogen-bond donors (Lipinski definition) is 3. The molecule has 3 nitrogen and oxygen atoms in total. The molecule has 0 spiro atoms. The summed E-state index contributed by atoms with van der Waals surface area (Å²) >= 11 is 0. The number of rotatable bonds is 3. The van der Waals surface area contributed by atoms with Crippen LogP contribution < -0.4 is 11.1 Å². The number of benzene rings is 1. The first-order chi connectivity index (χ1) is 7.61. The summed E-state index contributed by atoms with van der Waals surface area (Å²) in [7, 11) is 0. The molecule has 1 aromatic rings. The van der Waals surface area contributed by atoms with Crippen molar-refractivity contribution in [1.82, 2.24) is 0 Å². The molecule has 88 valence electrons. The smallest absolute Gasteiger partial charge is 0.0819 e. The summed E-state index contributed by atoms with van der Waals surface area (Å²) in [6.45, 7) is 2.62. The molecule has 1 aliphatic carbocycles. The third-order valence-electron chi connectivity index (χ3n) is 3.43. The zero-order valence-electron chi connectivity index (χ0n) is 9.79. The van der Waals surface area contributed by atoms with Crippen molar-refractivity contribution in [3.05, 3.63) is 23.8 Å². The highest BCUT2D eigenvalue weighted by Crippen LogP contribution is 2.31. The van der Waals surface area contributed by atoms with Gasteiger partial charge < -0.3 is 16.2 Å². The van der Waals surface area contributed by atoms with E-state index in [4.69, 9.17) is 5.73 Å². The molecule has 0 aliphatic heterocycles. The number of nitrogens with one attached hydrogen (secondary N) is 1. The lowest BCUT2D eigenvalue weighted by Gasteiger charge is -2.24. The van der Waals surface area contributed by atoms with Crippen molar-refractivity contribution in [1.29, 1.82) is 0 Å². The Labute approximate surface area is 96.7 Å². The van der Waals surface area contributed by atoms with Gasteiger partial charge in [-0.25, -0.2) is 0 Å². The number of aliphatic hydroxyl groups is 1. The molecule has 0 aromatic heterocycles. The molecule has 4 N–H and O–H groups in total. The Morgan fingerprint density at radius 3 is 2.69 bits per heavy atom. The molecule has 0 amide bonds. The summed E-state index contributed by atoms with van der Waals surface area (Å²) in [6, 6.07) is 5.85. The molecular formula is C13H20N2O. The first kappa shape index (κ1) is 11.3. The lowest BCUT2D eigenvalue weighted by atomic mass is 10.0. The highest BCUT2D eigenvalue weighted by molar-refractivity contribution is 5.69. The lowest BCUT2D eigenvalue weighted by Crippen LogP contribution is -2.33. The van der Waals surface area contributed by atoms with Crippen molar-refractivity contribution in [3.63, 3.8) is 0 Å². The Balaban J connectivity index is 2.04. The maximum atomic E-state index is 10.2. The molecule has 0 unspecified atom stereocenters. The molecule has 3 heteroatoms. The topological polar surface area (TPSA) is 58.3 Å². The van der Waals surface area contributed by atoms with Gasteiger partial charge in [0.25, 0.3) is 0 Å². The molecule has 1 fully saturated rings. The van der Waals surface area contributed by atoms with Crippen LogP contribution in [0.5, 0.6) is 0 Å². The quantitative estimate of drug-likeness (QED) is 0.685. The van der Waals surface area contributed by atoms with Gasteiger partial charge >= 0.3 is 0 Å². The fraction of sp³-hybridized carbons (Fsp3) is 0.538. The van der Waals surface area contributed by atoms with Gasteiger partial charge in [-0.15, -0.1) is 0 Å². The van der Waals surface area contributed by atoms with Crippen LogP contribution in [-0.2, 0) is 0 Å². The normalized spacial score (nSPS) is 18.6. The Morgan fingerprint density at radius 1 is 1.38 bits per heavy atom. The van der Waals surface area contributed by atoms with Gasteiger partial charge in [0.2, 0.25) is 0 Å². The van der Waals surface area contributed by atoms with Gasteiger partial charge in [-0.1, -0.05) is 25.0 Å². The van der Waals surface area contributed by atoms with E-state index in [0.29, 0.717) is 6.54 Å². The van der Waals surface area contributed by atoms with Crippen molar-refractivity contribution in [2.75, 3.05) is 17.6 Å². The van der Waals surface area contributed by atoms with Crippen LogP contribution in [0, 0.1) is 6.92 Å². The average molecular weight is 220 g/mol. The number of nitrogens with two attached hydrogens (primary N) is 1. The van der Waals surface area contributed by atoms with Crippen molar-refractivity contribution in [2.45, 2.75) is 38.2 Å². The number of aryl methyl sites for hydroxylation is 1. The van der Waals surface area contributed by atoms with E-state index >= 15 is 0 Å². The highest BCUT2D eigenvalue weighted by atomic mass is 16.3. The summed E-state index contributed by atoms with van der Waals surface area (Å²) in [5.41, 5.74) is 8.21. The Kier molecular flexibility index (Phi) is 3.06. The minimum atomic E-state index is -0.533. The summed E-state index contributed by atoms with van der Waals surface area (Å²) < 4.78 is 0. The van der Waals surface area contributed by atoms with Crippen LogP contribution in [0.3, 0.4) is 0 Å². The SMILES string of the molecule is Cc1cccc(N)c1NCC1(O)CCCC1. The maximum Gasteiger partial charge on any atom is 0.0819 e. The number of hydrogen-bond acceptors (Lipinski definition) is 3. The van der Waals surface area contributed by atoms with Crippen LogP contribution in [0.4, 0.5) is 11.4 Å². The van der Waals surface area contributed by atoms with Crippen LogP contribution in [0.2, 0.25) is 0 Å². The first-order valence-electron chi connectivity index (χ1n) is 5.92. The predicted molar refractivity (Wildman–Crippen MR) is 67.5 cm³/mol. The number of nitrogen functional groups attached to an aromatic ring is 1. The molecule has 0 bridgehead atoms. The molecular weight excluding hydrogens is 200 g/mol. The molecule has 1 saturated carbocycles. The largest absolute Gasteiger partial charge is 0.397 e. The van der Waals surface area contributed by atoms with Crippen LogP contribution in [0.15, 0.2) is 18.2 Å². The van der Waals surface area contributed by atoms with Gasteiger partial charge in [0.05, 0.1) is 17.0 Å². The standard InChI is InChI=1S/C13H20N2O/c1-10-5-4-6-11(14)12(10)15-9-13(16)7-2-3-8-13/h4-6,15-16H,2-3,7-9,14H2,1H3. The zero-order valence-corrected chi connectivity index (χ0v) is 9.79. The van der Waals surface area contributed by atoms with Crippen LogP contribution in [-0.4, -0.2) is 17.3 Å². The van der Waals surface area contributed by atoms with Gasteiger partial charge in [0.15, 0.2) is 0 Å². The second-order valence-corrected chi connectivity index (χ2v) is 4.82. The minimum Gasteiger partial charge on any atom is -0.397 e. The van der Waals surface area contributed by atoms with Crippen LogP contribution in [0.25, 0.3) is 0 Å². The molecule has 1 aliphatic rings. The number of anilines is 2. The van der Waals surface area contributed by atoms with E-state index in [-0.39, 0.29) is 0 Å². The molecule has 1 aromatic carbocycles. The van der Waals surface area contributed by atoms with Gasteiger partial charge in [-0.3, -0.25) is 0 Å². The van der Waals surface area contributed by atoms with Crippen LogP contribution in [0.1, 0.15) is 31.2 Å². The van der Waals surface area contributed by atoms with Crippen LogP contribution >= 0.6 is 0 Å². The highest BCUT2D eigenvalue weighted by Gasteiger charge is 2.30. The van der Waals surface area contributed by atoms with Crippen molar-refractivity contribution in [2.24, 2.45) is 0 Å². The minimum absolute atomic E-state index is 0.533. The monoisotopic (exact) mass is 220 g/mol. The van der Waals surface area contributed by atoms with E-state index in [1.54, 1.807) is 0 Å². The van der Waals surface area contributed by atoms with E-state index in [9.17, 15) is 5.11 Å². The Bertz CT molecular complexity index is 350. The maximum absolute atomic E-state index is 10.2. The molecule has 0 atom stereocenters. The average Bonchev–Trinajstić information content (AvgIpc) is 2.65. The van der Waals surface area contributed by atoms with E-state index in [1.807, 2.05) is 25.1 Å². The van der Waals surface area contributed by atoms with E-state index in [2.05, 4.69) is 5.32 Å². The third kappa shape index (κ3) is 2.30. The number of para-hydroxylation sites is 1. The van der Waals surface area contributed by atoms with Crippen molar-refractivity contribution < 1.29 is 5.11 Å². The fourth-order valence-corrected chi connectivity index (χ4v) is 2.39. The Hall–Kier alpha value is -1.22. The van der Waals surface area contributed by atoms with E-state index in [1.165, 1.54) is 0 Å². The summed E-state index contributed by atoms with van der Waals surface area (Å²) in [5.74, 6) is 0. The zero-order chi connectivity index (χ0) is 11.6. The predicted octanol–water partition coefficient (Wildman–Crippen LogP) is 2.29. The summed E-state index contributed by atoms with van der Waals surface area (Å²) in [6.07, 6.45) is 4.04. The molecule has 0 saturated heterocycles. The molecule has 0 heterocycles.